The first-order chi connectivity index (χ1) is 18.9. The number of amides is 3. The molecule has 40 heavy (non-hydrogen) atoms. The van der Waals surface area contributed by atoms with Gasteiger partial charge in [-0.05, 0) is 91.0 Å². The summed E-state index contributed by atoms with van der Waals surface area (Å²) in [6.45, 7) is 5.25. The van der Waals surface area contributed by atoms with Gasteiger partial charge in [-0.3, -0.25) is 24.1 Å². The fourth-order valence-electron chi connectivity index (χ4n) is 3.82. The normalized spacial score (nSPS) is 14.6. The van der Waals surface area contributed by atoms with Crippen molar-refractivity contribution in [2.24, 2.45) is 0 Å². The molecule has 1 aliphatic heterocycles. The fraction of sp³-hybridized carbons (Fsp3) is 0.241. The van der Waals surface area contributed by atoms with Gasteiger partial charge in [-0.15, -0.1) is 11.3 Å². The maximum atomic E-state index is 13.6. The molecule has 7 nitrogen and oxygen atoms in total. The molecule has 0 saturated carbocycles. The number of rotatable bonds is 8. The SMILES string of the molecule is CC(C)(C)OC(=O)Cc1cccc(NC(=O)CCN2C(=O)SC(=Cc3cc(-c4ccc(F)c(F)c4)cs3)C2=O)c1. The first-order valence-electron chi connectivity index (χ1n) is 12.3. The highest BCUT2D eigenvalue weighted by atomic mass is 32.2. The second-order valence-corrected chi connectivity index (χ2v) is 11.9. The third-order valence-electron chi connectivity index (χ3n) is 5.56. The van der Waals surface area contributed by atoms with Crippen LogP contribution in [0.15, 0.2) is 58.8 Å². The first-order valence-corrected chi connectivity index (χ1v) is 14.0. The number of imide groups is 1. The monoisotopic (exact) mass is 584 g/mol. The fourth-order valence-corrected chi connectivity index (χ4v) is 5.60. The lowest BCUT2D eigenvalue weighted by Gasteiger charge is -2.19. The highest BCUT2D eigenvalue weighted by Crippen LogP contribution is 2.35. The van der Waals surface area contributed by atoms with Crippen LogP contribution in [0.2, 0.25) is 0 Å². The third kappa shape index (κ3) is 7.64. The predicted octanol–water partition coefficient (Wildman–Crippen LogP) is 6.64. The lowest BCUT2D eigenvalue weighted by Crippen LogP contribution is -2.31. The molecule has 1 N–H and O–H groups in total. The number of ether oxygens (including phenoxy) is 1. The summed E-state index contributed by atoms with van der Waals surface area (Å²) in [6, 6.07) is 12.1. The molecule has 11 heteroatoms. The van der Waals surface area contributed by atoms with E-state index in [0.29, 0.717) is 27.3 Å². The summed E-state index contributed by atoms with van der Waals surface area (Å²) >= 11 is 2.06. The van der Waals surface area contributed by atoms with Crippen LogP contribution < -0.4 is 5.32 Å². The summed E-state index contributed by atoms with van der Waals surface area (Å²) in [4.78, 5) is 51.8. The molecule has 1 aromatic heterocycles. The van der Waals surface area contributed by atoms with Gasteiger partial charge in [0.05, 0.1) is 11.3 Å². The maximum absolute atomic E-state index is 13.6. The van der Waals surface area contributed by atoms with Gasteiger partial charge in [-0.25, -0.2) is 8.78 Å². The van der Waals surface area contributed by atoms with E-state index in [1.54, 1.807) is 62.6 Å². The lowest BCUT2D eigenvalue weighted by atomic mass is 10.1. The van der Waals surface area contributed by atoms with Gasteiger partial charge >= 0.3 is 5.97 Å². The number of nitrogens with zero attached hydrogens (tertiary/aromatic N) is 1. The van der Waals surface area contributed by atoms with E-state index in [-0.39, 0.29) is 30.3 Å². The minimum atomic E-state index is -0.955. The van der Waals surface area contributed by atoms with E-state index in [2.05, 4.69) is 5.32 Å². The Bertz CT molecular complexity index is 1510. The van der Waals surface area contributed by atoms with Gasteiger partial charge in [-0.2, -0.15) is 0 Å². The molecular formula is C29H26F2N2O5S2. The molecule has 0 radical (unpaired) electrons. The van der Waals surface area contributed by atoms with E-state index in [0.717, 1.165) is 28.8 Å². The zero-order valence-electron chi connectivity index (χ0n) is 22.0. The molecule has 1 saturated heterocycles. The number of carbonyl (C=O) groups excluding carboxylic acids is 4. The Morgan fingerprint density at radius 3 is 2.52 bits per heavy atom. The second-order valence-electron chi connectivity index (χ2n) is 9.96. The van der Waals surface area contributed by atoms with Crippen LogP contribution >= 0.6 is 23.1 Å². The Balaban J connectivity index is 1.33. The Morgan fingerprint density at radius 1 is 1.02 bits per heavy atom. The third-order valence-corrected chi connectivity index (χ3v) is 7.35. The predicted molar refractivity (Wildman–Crippen MR) is 152 cm³/mol. The number of halogens is 2. The van der Waals surface area contributed by atoms with Gasteiger partial charge in [-0.1, -0.05) is 18.2 Å². The molecule has 0 bridgehead atoms. The molecule has 0 aliphatic carbocycles. The van der Waals surface area contributed by atoms with Crippen LogP contribution in [0, 0.1) is 11.6 Å². The van der Waals surface area contributed by atoms with Crippen LogP contribution in [0.4, 0.5) is 19.3 Å². The van der Waals surface area contributed by atoms with Crippen molar-refractivity contribution in [2.75, 3.05) is 11.9 Å². The number of nitrogens with one attached hydrogen (secondary N) is 1. The average molecular weight is 585 g/mol. The van der Waals surface area contributed by atoms with Gasteiger partial charge in [0.25, 0.3) is 11.1 Å². The highest BCUT2D eigenvalue weighted by molar-refractivity contribution is 8.18. The van der Waals surface area contributed by atoms with Crippen LogP contribution in [-0.2, 0) is 25.5 Å². The van der Waals surface area contributed by atoms with Crippen molar-refractivity contribution >= 4 is 57.9 Å². The first kappa shape index (κ1) is 29.2. The van der Waals surface area contributed by atoms with E-state index in [1.165, 1.54) is 17.4 Å². The summed E-state index contributed by atoms with van der Waals surface area (Å²) in [5, 5.41) is 3.98. The largest absolute Gasteiger partial charge is 0.460 e. The van der Waals surface area contributed by atoms with Crippen LogP contribution in [0.25, 0.3) is 17.2 Å². The number of anilines is 1. The molecule has 0 unspecified atom stereocenters. The summed E-state index contributed by atoms with van der Waals surface area (Å²) < 4.78 is 32.1. The standard InChI is InChI=1S/C29H26F2N2O5S2/c1-29(2,3)38-26(35)12-17-5-4-6-20(11-17)32-25(34)9-10-33-27(36)24(40-28(33)37)15-21-13-19(16-39-21)18-7-8-22(30)23(31)14-18/h4-8,11,13-16H,9-10,12H2,1-3H3,(H,32,34). The second kappa shape index (κ2) is 12.1. The van der Waals surface area contributed by atoms with Gasteiger partial charge < -0.3 is 10.1 Å². The van der Waals surface area contributed by atoms with E-state index < -0.39 is 34.3 Å². The summed E-state index contributed by atoms with van der Waals surface area (Å²) in [7, 11) is 0. The maximum Gasteiger partial charge on any atom is 0.310 e. The van der Waals surface area contributed by atoms with Gasteiger partial charge in [0.2, 0.25) is 5.91 Å². The van der Waals surface area contributed by atoms with E-state index in [4.69, 9.17) is 4.74 Å². The quantitative estimate of drug-likeness (QED) is 0.236. The molecule has 3 amide bonds. The average Bonchev–Trinajstić information content (AvgIpc) is 3.42. The van der Waals surface area contributed by atoms with Crippen molar-refractivity contribution in [3.8, 4) is 11.1 Å². The summed E-state index contributed by atoms with van der Waals surface area (Å²) in [5.74, 6) is -3.18. The summed E-state index contributed by atoms with van der Waals surface area (Å²) in [5.41, 5.74) is 1.70. The Kier molecular flexibility index (Phi) is 8.85. The number of hydrogen-bond acceptors (Lipinski definition) is 7. The summed E-state index contributed by atoms with van der Waals surface area (Å²) in [6.07, 6.45) is 1.51. The smallest absolute Gasteiger partial charge is 0.310 e. The number of thiophene rings is 1. The molecule has 1 fully saturated rings. The molecule has 3 aromatic rings. The zero-order valence-corrected chi connectivity index (χ0v) is 23.6. The van der Waals surface area contributed by atoms with E-state index in [1.807, 2.05) is 0 Å². The number of thioether (sulfide) groups is 1. The van der Waals surface area contributed by atoms with Crippen LogP contribution in [-0.4, -0.2) is 40.1 Å². The van der Waals surface area contributed by atoms with Gasteiger partial charge in [0.15, 0.2) is 11.6 Å². The van der Waals surface area contributed by atoms with Crippen LogP contribution in [0.3, 0.4) is 0 Å². The van der Waals surface area contributed by atoms with Gasteiger partial charge in [0.1, 0.15) is 5.60 Å². The minimum Gasteiger partial charge on any atom is -0.460 e. The Labute approximate surface area is 238 Å². The van der Waals surface area contributed by atoms with Crippen molar-refractivity contribution in [3.05, 3.63) is 80.9 Å². The Hall–Kier alpha value is -3.83. The molecule has 208 valence electrons. The molecule has 2 heterocycles. The zero-order chi connectivity index (χ0) is 29.0. The van der Waals surface area contributed by atoms with Gasteiger partial charge in [0, 0.05) is 23.5 Å². The topological polar surface area (TPSA) is 92.8 Å². The number of hydrogen-bond donors (Lipinski definition) is 1. The molecule has 0 atom stereocenters. The minimum absolute atomic E-state index is 0.0522. The number of carbonyl (C=O) groups is 4. The number of esters is 1. The van der Waals surface area contributed by atoms with E-state index in [9.17, 15) is 28.0 Å². The van der Waals surface area contributed by atoms with Crippen molar-refractivity contribution in [1.82, 2.24) is 4.90 Å². The molecule has 1 aliphatic rings. The van der Waals surface area contributed by atoms with Crippen molar-refractivity contribution in [1.29, 1.82) is 0 Å². The van der Waals surface area contributed by atoms with Crippen molar-refractivity contribution in [3.63, 3.8) is 0 Å². The molecule has 0 spiro atoms. The molecule has 4 rings (SSSR count). The van der Waals surface area contributed by atoms with Crippen LogP contribution in [0.1, 0.15) is 37.6 Å². The lowest BCUT2D eigenvalue weighted by molar-refractivity contribution is -0.153. The van der Waals surface area contributed by atoms with Crippen LogP contribution in [0.5, 0.6) is 0 Å². The molecule has 2 aromatic carbocycles. The van der Waals surface area contributed by atoms with Crippen molar-refractivity contribution in [2.45, 2.75) is 39.2 Å². The molecular weight excluding hydrogens is 558 g/mol. The van der Waals surface area contributed by atoms with E-state index >= 15 is 0 Å². The highest BCUT2D eigenvalue weighted by Gasteiger charge is 2.35. The Morgan fingerprint density at radius 2 is 1.80 bits per heavy atom. The number of benzene rings is 2. The van der Waals surface area contributed by atoms with Crippen molar-refractivity contribution < 1.29 is 32.7 Å².